The minimum atomic E-state index is -0.350. The number of ether oxygens (including phenoxy) is 1. The molecule has 1 saturated carbocycles. The molecule has 2 atom stereocenters. The molecule has 1 aliphatic carbocycles. The second-order valence-corrected chi connectivity index (χ2v) is 6.73. The molecule has 126 valence electrons. The van der Waals surface area contributed by atoms with Gasteiger partial charge in [-0.05, 0) is 31.7 Å². The summed E-state index contributed by atoms with van der Waals surface area (Å²) in [6.45, 7) is 2.53. The van der Waals surface area contributed by atoms with Crippen LogP contribution < -0.4 is 11.1 Å². The average molecular weight is 311 g/mol. The molecule has 22 heavy (non-hydrogen) atoms. The SMILES string of the molecule is COC(=O)C1CC(NCC2CCCCC2)CN(CC(N)=O)C1. The lowest BCUT2D eigenvalue weighted by molar-refractivity contribution is -0.148. The molecule has 2 fully saturated rings. The molecular formula is C16H29N3O3. The van der Waals surface area contributed by atoms with E-state index in [0.717, 1.165) is 25.4 Å². The van der Waals surface area contributed by atoms with E-state index in [0.29, 0.717) is 6.54 Å². The minimum absolute atomic E-state index is 0.179. The first-order valence-electron chi connectivity index (χ1n) is 8.40. The van der Waals surface area contributed by atoms with Crippen molar-refractivity contribution in [1.29, 1.82) is 0 Å². The van der Waals surface area contributed by atoms with Gasteiger partial charge in [0.1, 0.15) is 0 Å². The molecule has 6 nitrogen and oxygen atoms in total. The van der Waals surface area contributed by atoms with E-state index in [1.54, 1.807) is 0 Å². The normalized spacial score (nSPS) is 27.5. The predicted molar refractivity (Wildman–Crippen MR) is 84.1 cm³/mol. The van der Waals surface area contributed by atoms with Gasteiger partial charge in [0.15, 0.2) is 0 Å². The smallest absolute Gasteiger partial charge is 0.310 e. The number of amides is 1. The monoisotopic (exact) mass is 311 g/mol. The molecule has 0 spiro atoms. The highest BCUT2D eigenvalue weighted by molar-refractivity contribution is 5.76. The minimum Gasteiger partial charge on any atom is -0.469 e. The maximum atomic E-state index is 11.9. The Balaban J connectivity index is 1.86. The van der Waals surface area contributed by atoms with Gasteiger partial charge in [-0.3, -0.25) is 14.5 Å². The van der Waals surface area contributed by atoms with Crippen molar-refractivity contribution < 1.29 is 14.3 Å². The number of likely N-dealkylation sites (tertiary alicyclic amines) is 1. The Hall–Kier alpha value is -1.14. The second kappa shape index (κ2) is 8.48. The van der Waals surface area contributed by atoms with Gasteiger partial charge in [-0.15, -0.1) is 0 Å². The van der Waals surface area contributed by atoms with E-state index in [4.69, 9.17) is 10.5 Å². The Morgan fingerprint density at radius 2 is 1.95 bits per heavy atom. The standard InChI is InChI=1S/C16H29N3O3/c1-22-16(21)13-7-14(10-19(9-13)11-15(17)20)18-8-12-5-3-2-4-6-12/h12-14,18H,2-11H2,1H3,(H2,17,20). The number of esters is 1. The lowest BCUT2D eigenvalue weighted by atomic mass is 9.88. The van der Waals surface area contributed by atoms with Crippen LogP contribution in [0.5, 0.6) is 0 Å². The lowest BCUT2D eigenvalue weighted by Gasteiger charge is -2.37. The molecular weight excluding hydrogens is 282 g/mol. The van der Waals surface area contributed by atoms with Gasteiger partial charge in [0.25, 0.3) is 0 Å². The van der Waals surface area contributed by atoms with Crippen molar-refractivity contribution in [2.75, 3.05) is 33.3 Å². The van der Waals surface area contributed by atoms with Crippen LogP contribution in [0.4, 0.5) is 0 Å². The maximum Gasteiger partial charge on any atom is 0.310 e. The first kappa shape index (κ1) is 17.2. The number of carbonyl (C=O) groups excluding carboxylic acids is 2. The number of rotatable bonds is 6. The molecule has 0 aromatic rings. The molecule has 1 aliphatic heterocycles. The van der Waals surface area contributed by atoms with Crippen LogP contribution in [0, 0.1) is 11.8 Å². The summed E-state index contributed by atoms with van der Waals surface area (Å²) in [4.78, 5) is 25.0. The number of piperidine rings is 1. The molecule has 1 amide bonds. The summed E-state index contributed by atoms with van der Waals surface area (Å²) in [6, 6.07) is 0.221. The first-order chi connectivity index (χ1) is 10.6. The number of methoxy groups -OCH3 is 1. The van der Waals surface area contributed by atoms with Gasteiger partial charge in [0.05, 0.1) is 19.6 Å². The van der Waals surface area contributed by atoms with Gasteiger partial charge in [-0.1, -0.05) is 19.3 Å². The highest BCUT2D eigenvalue weighted by atomic mass is 16.5. The summed E-state index contributed by atoms with van der Waals surface area (Å²) in [5, 5.41) is 3.60. The fourth-order valence-corrected chi connectivity index (χ4v) is 3.75. The fourth-order valence-electron chi connectivity index (χ4n) is 3.75. The molecule has 0 aromatic carbocycles. The summed E-state index contributed by atoms with van der Waals surface area (Å²) in [6.07, 6.45) is 7.38. The molecule has 2 rings (SSSR count). The summed E-state index contributed by atoms with van der Waals surface area (Å²) >= 11 is 0. The zero-order valence-corrected chi connectivity index (χ0v) is 13.6. The van der Waals surface area contributed by atoms with Gasteiger partial charge in [0, 0.05) is 19.1 Å². The van der Waals surface area contributed by atoms with Crippen LogP contribution in [-0.2, 0) is 14.3 Å². The van der Waals surface area contributed by atoms with Crippen molar-refractivity contribution >= 4 is 11.9 Å². The number of nitrogens with two attached hydrogens (primary N) is 1. The van der Waals surface area contributed by atoms with Gasteiger partial charge in [-0.25, -0.2) is 0 Å². The first-order valence-corrected chi connectivity index (χ1v) is 8.40. The van der Waals surface area contributed by atoms with Crippen LogP contribution in [0.1, 0.15) is 38.5 Å². The topological polar surface area (TPSA) is 84.7 Å². The van der Waals surface area contributed by atoms with Gasteiger partial charge < -0.3 is 15.8 Å². The summed E-state index contributed by atoms with van der Waals surface area (Å²) < 4.78 is 4.88. The molecule has 2 unspecified atom stereocenters. The van der Waals surface area contributed by atoms with Crippen LogP contribution in [0.25, 0.3) is 0 Å². The molecule has 3 N–H and O–H groups in total. The predicted octanol–water partition coefficient (Wildman–Crippen LogP) is 0.505. The maximum absolute atomic E-state index is 11.9. The van der Waals surface area contributed by atoms with Crippen LogP contribution in [0.2, 0.25) is 0 Å². The highest BCUT2D eigenvalue weighted by Gasteiger charge is 2.32. The third-order valence-electron chi connectivity index (χ3n) is 4.86. The van der Waals surface area contributed by atoms with E-state index in [-0.39, 0.29) is 30.4 Å². The number of carbonyl (C=O) groups is 2. The Kier molecular flexibility index (Phi) is 6.64. The molecule has 1 saturated heterocycles. The van der Waals surface area contributed by atoms with E-state index < -0.39 is 0 Å². The largest absolute Gasteiger partial charge is 0.469 e. The van der Waals surface area contributed by atoms with Crippen molar-refractivity contribution in [3.63, 3.8) is 0 Å². The van der Waals surface area contributed by atoms with Crippen LogP contribution in [0.15, 0.2) is 0 Å². The quantitative estimate of drug-likeness (QED) is 0.698. The zero-order chi connectivity index (χ0) is 15.9. The number of hydrogen-bond acceptors (Lipinski definition) is 5. The van der Waals surface area contributed by atoms with Gasteiger partial charge in [0.2, 0.25) is 5.91 Å². The molecule has 6 heteroatoms. The Morgan fingerprint density at radius 1 is 1.23 bits per heavy atom. The van der Waals surface area contributed by atoms with Crippen molar-refractivity contribution in [3.05, 3.63) is 0 Å². The summed E-state index contributed by atoms with van der Waals surface area (Å²) in [7, 11) is 1.42. The van der Waals surface area contributed by atoms with Crippen molar-refractivity contribution in [2.24, 2.45) is 17.6 Å². The lowest BCUT2D eigenvalue weighted by Crippen LogP contribution is -2.53. The van der Waals surface area contributed by atoms with Gasteiger partial charge >= 0.3 is 5.97 Å². The number of nitrogens with one attached hydrogen (secondary N) is 1. The molecule has 0 aromatic heterocycles. The third-order valence-corrected chi connectivity index (χ3v) is 4.86. The number of hydrogen-bond donors (Lipinski definition) is 2. The van der Waals surface area contributed by atoms with Gasteiger partial charge in [-0.2, -0.15) is 0 Å². The Bertz CT molecular complexity index is 383. The van der Waals surface area contributed by atoms with E-state index in [9.17, 15) is 9.59 Å². The molecule has 1 heterocycles. The number of nitrogens with zero attached hydrogens (tertiary/aromatic N) is 1. The Morgan fingerprint density at radius 3 is 2.59 bits per heavy atom. The summed E-state index contributed by atoms with van der Waals surface area (Å²) in [5.41, 5.74) is 5.30. The van der Waals surface area contributed by atoms with E-state index in [1.807, 2.05) is 4.90 Å². The number of primary amides is 1. The third kappa shape index (κ3) is 5.25. The summed E-state index contributed by atoms with van der Waals surface area (Å²) in [5.74, 6) is 0.0222. The average Bonchev–Trinajstić information content (AvgIpc) is 2.52. The van der Waals surface area contributed by atoms with Crippen LogP contribution >= 0.6 is 0 Å². The van der Waals surface area contributed by atoms with E-state index >= 15 is 0 Å². The van der Waals surface area contributed by atoms with Crippen LogP contribution in [-0.4, -0.2) is 56.1 Å². The Labute approximate surface area is 132 Å². The molecule has 0 bridgehead atoms. The van der Waals surface area contributed by atoms with E-state index in [2.05, 4.69) is 5.32 Å². The van der Waals surface area contributed by atoms with Crippen molar-refractivity contribution in [3.8, 4) is 0 Å². The highest BCUT2D eigenvalue weighted by Crippen LogP contribution is 2.24. The zero-order valence-electron chi connectivity index (χ0n) is 13.6. The second-order valence-electron chi connectivity index (χ2n) is 6.73. The van der Waals surface area contributed by atoms with Crippen LogP contribution in [0.3, 0.4) is 0 Å². The van der Waals surface area contributed by atoms with Crippen molar-refractivity contribution in [2.45, 2.75) is 44.6 Å². The fraction of sp³-hybridized carbons (Fsp3) is 0.875. The van der Waals surface area contributed by atoms with Crippen molar-refractivity contribution in [1.82, 2.24) is 10.2 Å². The van der Waals surface area contributed by atoms with E-state index in [1.165, 1.54) is 39.2 Å². The molecule has 0 radical (unpaired) electrons. The molecule has 2 aliphatic rings.